The molecular weight excluding hydrogens is 402 g/mol. The number of carbonyl (C=O) groups is 1. The van der Waals surface area contributed by atoms with E-state index in [9.17, 15) is 4.79 Å². The lowest BCUT2D eigenvalue weighted by Gasteiger charge is -2.23. The van der Waals surface area contributed by atoms with Gasteiger partial charge in [0.2, 0.25) is 6.41 Å². The first-order valence-corrected chi connectivity index (χ1v) is 11.5. The molecule has 2 N–H and O–H groups in total. The van der Waals surface area contributed by atoms with Crippen molar-refractivity contribution < 1.29 is 4.79 Å². The summed E-state index contributed by atoms with van der Waals surface area (Å²) >= 11 is 0. The van der Waals surface area contributed by atoms with E-state index >= 15 is 0 Å². The van der Waals surface area contributed by atoms with Crippen LogP contribution in [0.15, 0.2) is 36.5 Å². The summed E-state index contributed by atoms with van der Waals surface area (Å²) in [6.45, 7) is 10.3. The molecule has 0 radical (unpaired) electrons. The van der Waals surface area contributed by atoms with Gasteiger partial charge < -0.3 is 25.0 Å². The number of imidazole rings is 1. The zero-order valence-corrected chi connectivity index (χ0v) is 19.0. The highest BCUT2D eigenvalue weighted by Gasteiger charge is 2.14. The smallest absolute Gasteiger partial charge is 0.211 e. The summed E-state index contributed by atoms with van der Waals surface area (Å²) in [6, 6.07) is 9.75. The van der Waals surface area contributed by atoms with Gasteiger partial charge in [-0.25, -0.2) is 9.97 Å². The first-order chi connectivity index (χ1) is 15.7. The number of hydrogen-bond acceptors (Lipinski definition) is 6. The van der Waals surface area contributed by atoms with Crippen LogP contribution in [0.4, 0.5) is 11.5 Å². The van der Waals surface area contributed by atoms with E-state index in [0.29, 0.717) is 12.1 Å². The molecule has 32 heavy (non-hydrogen) atoms. The molecule has 0 aliphatic carbocycles. The van der Waals surface area contributed by atoms with E-state index in [4.69, 9.17) is 0 Å². The average Bonchev–Trinajstić information content (AvgIpc) is 3.13. The molecule has 1 aliphatic rings. The maximum atomic E-state index is 10.8. The van der Waals surface area contributed by atoms with Crippen molar-refractivity contribution in [2.24, 2.45) is 0 Å². The molecule has 3 heterocycles. The van der Waals surface area contributed by atoms with E-state index in [1.807, 2.05) is 36.5 Å². The number of hydrogen-bond donors (Lipinski definition) is 2. The fraction of sp³-hybridized carbons (Fsp3) is 0.458. The third kappa shape index (κ3) is 5.26. The fourth-order valence-corrected chi connectivity index (χ4v) is 4.31. The topological polar surface area (TPSA) is 80.4 Å². The van der Waals surface area contributed by atoms with Gasteiger partial charge in [-0.3, -0.25) is 4.79 Å². The van der Waals surface area contributed by atoms with Crippen LogP contribution in [0.1, 0.15) is 19.8 Å². The second-order valence-electron chi connectivity index (χ2n) is 8.36. The third-order valence-corrected chi connectivity index (χ3v) is 6.24. The second-order valence-corrected chi connectivity index (χ2v) is 8.36. The van der Waals surface area contributed by atoms with Gasteiger partial charge in [-0.15, -0.1) is 0 Å². The number of aromatic amines is 1. The van der Waals surface area contributed by atoms with E-state index in [1.54, 1.807) is 0 Å². The Labute approximate surface area is 189 Å². The predicted octanol–water partition coefficient (Wildman–Crippen LogP) is 3.05. The van der Waals surface area contributed by atoms with E-state index in [2.05, 4.69) is 48.9 Å². The molecule has 4 rings (SSSR count). The van der Waals surface area contributed by atoms with Crippen LogP contribution in [0.2, 0.25) is 0 Å². The summed E-state index contributed by atoms with van der Waals surface area (Å²) in [5.41, 5.74) is 3.23. The van der Waals surface area contributed by atoms with E-state index < -0.39 is 0 Å². The van der Waals surface area contributed by atoms with Gasteiger partial charge in [0.1, 0.15) is 17.2 Å². The first kappa shape index (κ1) is 22.2. The SMILES string of the molecule is CCN1CCCN(CCCN(C)c2ccc(-c3nc4c(NC=O)cccc4[nH]3)cn2)CC1. The lowest BCUT2D eigenvalue weighted by molar-refractivity contribution is -0.105. The van der Waals surface area contributed by atoms with Crippen molar-refractivity contribution in [3.8, 4) is 11.4 Å². The van der Waals surface area contributed by atoms with Crippen molar-refractivity contribution in [2.45, 2.75) is 19.8 Å². The Hall–Kier alpha value is -2.97. The molecule has 8 heteroatoms. The number of carbonyl (C=O) groups excluding carboxylic acids is 1. The Kier molecular flexibility index (Phi) is 7.34. The molecule has 0 saturated carbocycles. The van der Waals surface area contributed by atoms with Crippen molar-refractivity contribution in [3.63, 3.8) is 0 Å². The molecule has 0 spiro atoms. The van der Waals surface area contributed by atoms with Crippen molar-refractivity contribution >= 4 is 28.9 Å². The first-order valence-electron chi connectivity index (χ1n) is 11.5. The summed E-state index contributed by atoms with van der Waals surface area (Å²) in [6.07, 6.45) is 4.91. The van der Waals surface area contributed by atoms with Crippen LogP contribution in [0.3, 0.4) is 0 Å². The number of para-hydroxylation sites is 1. The Morgan fingerprint density at radius 1 is 1.16 bits per heavy atom. The number of anilines is 2. The molecule has 2 aromatic heterocycles. The highest BCUT2D eigenvalue weighted by molar-refractivity contribution is 5.94. The second kappa shape index (κ2) is 10.6. The molecule has 1 aromatic carbocycles. The predicted molar refractivity (Wildman–Crippen MR) is 130 cm³/mol. The minimum Gasteiger partial charge on any atom is -0.360 e. The van der Waals surface area contributed by atoms with Crippen LogP contribution in [-0.2, 0) is 4.79 Å². The van der Waals surface area contributed by atoms with Gasteiger partial charge >= 0.3 is 0 Å². The number of likely N-dealkylation sites (N-methyl/N-ethyl adjacent to an activating group) is 1. The van der Waals surface area contributed by atoms with Crippen LogP contribution >= 0.6 is 0 Å². The Morgan fingerprint density at radius 3 is 2.78 bits per heavy atom. The number of aromatic nitrogens is 3. The van der Waals surface area contributed by atoms with Gasteiger partial charge in [0.05, 0.1) is 11.2 Å². The molecule has 0 unspecified atom stereocenters. The number of pyridine rings is 1. The van der Waals surface area contributed by atoms with Crippen LogP contribution in [0, 0.1) is 0 Å². The summed E-state index contributed by atoms with van der Waals surface area (Å²) < 4.78 is 0. The summed E-state index contributed by atoms with van der Waals surface area (Å²) in [5, 5.41) is 2.70. The van der Waals surface area contributed by atoms with Gasteiger partial charge in [0.15, 0.2) is 0 Å². The zero-order valence-electron chi connectivity index (χ0n) is 19.0. The molecule has 1 amide bonds. The Balaban J connectivity index is 1.34. The number of benzene rings is 1. The molecule has 8 nitrogen and oxygen atoms in total. The number of H-pyrrole nitrogens is 1. The zero-order chi connectivity index (χ0) is 22.3. The van der Waals surface area contributed by atoms with Crippen molar-refractivity contribution in [1.82, 2.24) is 24.8 Å². The molecule has 0 atom stereocenters. The van der Waals surface area contributed by atoms with E-state index in [-0.39, 0.29) is 0 Å². The molecule has 1 aliphatic heterocycles. The van der Waals surface area contributed by atoms with Gasteiger partial charge in [0.25, 0.3) is 0 Å². The lowest BCUT2D eigenvalue weighted by Crippen LogP contribution is -2.32. The van der Waals surface area contributed by atoms with Gasteiger partial charge in [-0.2, -0.15) is 0 Å². The van der Waals surface area contributed by atoms with Crippen molar-refractivity contribution in [1.29, 1.82) is 0 Å². The molecule has 0 bridgehead atoms. The van der Waals surface area contributed by atoms with E-state index in [0.717, 1.165) is 54.3 Å². The number of fused-ring (bicyclic) bond motifs is 1. The Bertz CT molecular complexity index is 1020. The maximum absolute atomic E-state index is 10.8. The molecule has 1 fully saturated rings. The highest BCUT2D eigenvalue weighted by atomic mass is 16.1. The lowest BCUT2D eigenvalue weighted by atomic mass is 10.2. The Morgan fingerprint density at radius 2 is 2.00 bits per heavy atom. The molecule has 1 saturated heterocycles. The minimum atomic E-state index is 0.669. The van der Waals surface area contributed by atoms with Crippen LogP contribution in [-0.4, -0.2) is 84.0 Å². The summed E-state index contributed by atoms with van der Waals surface area (Å²) in [4.78, 5) is 30.8. The number of nitrogens with zero attached hydrogens (tertiary/aromatic N) is 5. The third-order valence-electron chi connectivity index (χ3n) is 6.24. The standard InChI is InChI=1S/C24H33N7O/c1-3-30-12-6-14-31(16-15-30)13-5-11-29(2)22-10-9-19(17-25-22)24-27-21-8-4-7-20(26-18-32)23(21)28-24/h4,7-10,17-18H,3,5-6,11-16H2,1-2H3,(H,26,32)(H,27,28). The monoisotopic (exact) mass is 435 g/mol. The van der Waals surface area contributed by atoms with Gasteiger partial charge in [-0.05, 0) is 63.3 Å². The highest BCUT2D eigenvalue weighted by Crippen LogP contribution is 2.26. The quantitative estimate of drug-likeness (QED) is 0.503. The van der Waals surface area contributed by atoms with Crippen molar-refractivity contribution in [2.75, 3.05) is 63.1 Å². The maximum Gasteiger partial charge on any atom is 0.211 e. The number of rotatable bonds is 9. The number of amides is 1. The molecular formula is C24H33N7O. The summed E-state index contributed by atoms with van der Waals surface area (Å²) in [7, 11) is 2.10. The molecule has 170 valence electrons. The van der Waals surface area contributed by atoms with Crippen LogP contribution in [0.5, 0.6) is 0 Å². The average molecular weight is 436 g/mol. The minimum absolute atomic E-state index is 0.669. The fourth-order valence-electron chi connectivity index (χ4n) is 4.31. The largest absolute Gasteiger partial charge is 0.360 e. The summed E-state index contributed by atoms with van der Waals surface area (Å²) in [5.74, 6) is 1.70. The van der Waals surface area contributed by atoms with Crippen LogP contribution in [0.25, 0.3) is 22.4 Å². The van der Waals surface area contributed by atoms with Gasteiger partial charge in [0, 0.05) is 38.4 Å². The van der Waals surface area contributed by atoms with Crippen LogP contribution < -0.4 is 10.2 Å². The van der Waals surface area contributed by atoms with Gasteiger partial charge in [-0.1, -0.05) is 13.0 Å². The normalized spacial score (nSPS) is 15.6. The molecule has 3 aromatic rings. The van der Waals surface area contributed by atoms with E-state index in [1.165, 1.54) is 32.6 Å². The number of nitrogens with one attached hydrogen (secondary N) is 2. The van der Waals surface area contributed by atoms with Crippen molar-refractivity contribution in [3.05, 3.63) is 36.5 Å².